The third-order valence-corrected chi connectivity index (χ3v) is 3.11. The number of hydrogen-bond donors (Lipinski definition) is 2. The average Bonchev–Trinajstić information content (AvgIpc) is 2.13. The smallest absolute Gasteiger partial charge is 0.234 e. The molecule has 0 bridgehead atoms. The van der Waals surface area contributed by atoms with Gasteiger partial charge in [0.05, 0.1) is 0 Å². The minimum atomic E-state index is 0.145. The Morgan fingerprint density at radius 1 is 1.08 bits per heavy atom. The maximum Gasteiger partial charge on any atom is 0.234 e. The van der Waals surface area contributed by atoms with Gasteiger partial charge in [0.1, 0.15) is 0 Å². The van der Waals surface area contributed by atoms with Gasteiger partial charge in [-0.15, -0.1) is 0 Å². The van der Waals surface area contributed by atoms with Gasteiger partial charge in [-0.2, -0.15) is 0 Å². The van der Waals surface area contributed by atoms with Crippen molar-refractivity contribution in [3.05, 3.63) is 0 Å². The van der Waals surface area contributed by atoms with Crippen LogP contribution in [0.25, 0.3) is 0 Å². The first-order valence-electron chi connectivity index (χ1n) is 4.87. The maximum atomic E-state index is 10.9. The summed E-state index contributed by atoms with van der Waals surface area (Å²) in [6, 6.07) is 0. The molecular weight excluding hydrogens is 152 g/mol. The van der Waals surface area contributed by atoms with Crippen LogP contribution in [0.15, 0.2) is 0 Å². The highest BCUT2D eigenvalue weighted by Gasteiger charge is 2.35. The number of carbonyl (C=O) groups excluding carboxylic acids is 1. The first kappa shape index (κ1) is 8.05. The van der Waals surface area contributed by atoms with Crippen molar-refractivity contribution in [3.63, 3.8) is 0 Å². The molecule has 1 amide bonds. The topological polar surface area (TPSA) is 41.1 Å². The van der Waals surface area contributed by atoms with Crippen LogP contribution in [-0.2, 0) is 4.79 Å². The van der Waals surface area contributed by atoms with Crippen molar-refractivity contribution < 1.29 is 4.79 Å². The van der Waals surface area contributed by atoms with E-state index in [2.05, 4.69) is 10.9 Å². The van der Waals surface area contributed by atoms with Gasteiger partial charge in [-0.3, -0.25) is 10.2 Å². The zero-order valence-electron chi connectivity index (χ0n) is 7.36. The molecular formula is C9H16N2O. The van der Waals surface area contributed by atoms with Crippen molar-refractivity contribution in [2.75, 3.05) is 0 Å². The van der Waals surface area contributed by atoms with Crippen LogP contribution in [0.2, 0.25) is 0 Å². The number of rotatable bonds is 0. The van der Waals surface area contributed by atoms with E-state index in [1.807, 2.05) is 0 Å². The van der Waals surface area contributed by atoms with Gasteiger partial charge in [0.25, 0.3) is 0 Å². The number of hydrazine groups is 1. The van der Waals surface area contributed by atoms with Gasteiger partial charge >= 0.3 is 0 Å². The Bertz CT molecular complexity index is 173. The fourth-order valence-electron chi connectivity index (χ4n) is 2.28. The molecule has 1 aliphatic heterocycles. The highest BCUT2D eigenvalue weighted by molar-refractivity contribution is 5.76. The van der Waals surface area contributed by atoms with Gasteiger partial charge in [0.2, 0.25) is 5.91 Å². The summed E-state index contributed by atoms with van der Waals surface area (Å²) in [6.45, 7) is 0. The van der Waals surface area contributed by atoms with E-state index in [0.29, 0.717) is 6.42 Å². The second kappa shape index (κ2) is 3.05. The highest BCUT2D eigenvalue weighted by Crippen LogP contribution is 2.32. The van der Waals surface area contributed by atoms with Crippen molar-refractivity contribution in [2.24, 2.45) is 0 Å². The lowest BCUT2D eigenvalue weighted by Gasteiger charge is -2.41. The summed E-state index contributed by atoms with van der Waals surface area (Å²) >= 11 is 0. The summed E-state index contributed by atoms with van der Waals surface area (Å²) in [5.74, 6) is 0.145. The number of carbonyl (C=O) groups is 1. The molecule has 3 heteroatoms. The van der Waals surface area contributed by atoms with Crippen LogP contribution in [0, 0.1) is 0 Å². The molecule has 1 spiro atoms. The zero-order chi connectivity index (χ0) is 8.44. The quantitative estimate of drug-likeness (QED) is 0.568. The van der Waals surface area contributed by atoms with Crippen LogP contribution in [-0.4, -0.2) is 11.4 Å². The molecule has 0 atom stereocenters. The Kier molecular flexibility index (Phi) is 2.05. The molecule has 2 fully saturated rings. The molecule has 12 heavy (non-hydrogen) atoms. The Hall–Kier alpha value is -0.570. The van der Waals surface area contributed by atoms with Crippen molar-refractivity contribution >= 4 is 5.91 Å². The predicted molar refractivity (Wildman–Crippen MR) is 46.3 cm³/mol. The minimum Gasteiger partial charge on any atom is -0.291 e. The number of nitrogens with one attached hydrogen (secondary N) is 2. The summed E-state index contributed by atoms with van der Waals surface area (Å²) < 4.78 is 0. The van der Waals surface area contributed by atoms with Crippen molar-refractivity contribution in [3.8, 4) is 0 Å². The second-order valence-electron chi connectivity index (χ2n) is 4.01. The molecule has 1 aliphatic carbocycles. The van der Waals surface area contributed by atoms with Crippen molar-refractivity contribution in [1.29, 1.82) is 0 Å². The average molecular weight is 168 g/mol. The molecule has 3 nitrogen and oxygen atoms in total. The zero-order valence-corrected chi connectivity index (χ0v) is 7.36. The molecule has 1 saturated heterocycles. The SMILES string of the molecule is O=C1CCC2(CCCCC2)NN1. The molecule has 1 saturated carbocycles. The third-order valence-electron chi connectivity index (χ3n) is 3.11. The standard InChI is InChI=1S/C9H16N2O/c12-8-4-7-9(11-10-8)5-2-1-3-6-9/h11H,1-7H2,(H,10,12). The van der Waals surface area contributed by atoms with Crippen LogP contribution in [0.4, 0.5) is 0 Å². The maximum absolute atomic E-state index is 10.9. The predicted octanol–water partition coefficient (Wildman–Crippen LogP) is 1.10. The van der Waals surface area contributed by atoms with E-state index in [1.54, 1.807) is 0 Å². The van der Waals surface area contributed by atoms with Crippen LogP contribution >= 0.6 is 0 Å². The molecule has 1 heterocycles. The Morgan fingerprint density at radius 2 is 1.83 bits per heavy atom. The van der Waals surface area contributed by atoms with Gasteiger partial charge in [-0.05, 0) is 19.3 Å². The van der Waals surface area contributed by atoms with E-state index in [9.17, 15) is 4.79 Å². The van der Waals surface area contributed by atoms with E-state index >= 15 is 0 Å². The summed E-state index contributed by atoms with van der Waals surface area (Å²) in [5, 5.41) is 0. The molecule has 2 rings (SSSR count). The second-order valence-corrected chi connectivity index (χ2v) is 4.01. The minimum absolute atomic E-state index is 0.145. The van der Waals surface area contributed by atoms with Gasteiger partial charge in [0, 0.05) is 12.0 Å². The van der Waals surface area contributed by atoms with Crippen LogP contribution in [0.3, 0.4) is 0 Å². The number of hydrogen-bond acceptors (Lipinski definition) is 2. The van der Waals surface area contributed by atoms with Crippen LogP contribution < -0.4 is 10.9 Å². The Balaban J connectivity index is 1.96. The van der Waals surface area contributed by atoms with E-state index in [4.69, 9.17) is 0 Å². The fourth-order valence-corrected chi connectivity index (χ4v) is 2.28. The molecule has 68 valence electrons. The summed E-state index contributed by atoms with van der Waals surface area (Å²) in [4.78, 5) is 10.9. The molecule has 0 aromatic heterocycles. The Morgan fingerprint density at radius 3 is 2.42 bits per heavy atom. The molecule has 0 unspecified atom stereocenters. The third kappa shape index (κ3) is 1.46. The number of amides is 1. The summed E-state index contributed by atoms with van der Waals surface area (Å²) in [5.41, 5.74) is 6.19. The lowest BCUT2D eigenvalue weighted by atomic mass is 9.78. The highest BCUT2D eigenvalue weighted by atomic mass is 16.2. The van der Waals surface area contributed by atoms with Gasteiger partial charge in [-0.1, -0.05) is 19.3 Å². The molecule has 2 N–H and O–H groups in total. The van der Waals surface area contributed by atoms with E-state index in [1.165, 1.54) is 32.1 Å². The van der Waals surface area contributed by atoms with Gasteiger partial charge in [-0.25, -0.2) is 5.43 Å². The van der Waals surface area contributed by atoms with Crippen molar-refractivity contribution in [1.82, 2.24) is 10.9 Å². The first-order valence-corrected chi connectivity index (χ1v) is 4.87. The summed E-state index contributed by atoms with van der Waals surface area (Å²) in [7, 11) is 0. The van der Waals surface area contributed by atoms with E-state index in [0.717, 1.165) is 6.42 Å². The lowest BCUT2D eigenvalue weighted by Crippen LogP contribution is -2.59. The summed E-state index contributed by atoms with van der Waals surface area (Å²) in [6.07, 6.45) is 8.16. The monoisotopic (exact) mass is 168 g/mol. The normalized spacial score (nSPS) is 28.5. The van der Waals surface area contributed by atoms with Gasteiger partial charge in [0.15, 0.2) is 0 Å². The molecule has 0 radical (unpaired) electrons. The van der Waals surface area contributed by atoms with Crippen molar-refractivity contribution in [2.45, 2.75) is 50.5 Å². The largest absolute Gasteiger partial charge is 0.291 e. The fraction of sp³-hybridized carbons (Fsp3) is 0.889. The van der Waals surface area contributed by atoms with E-state index in [-0.39, 0.29) is 11.4 Å². The van der Waals surface area contributed by atoms with Crippen LogP contribution in [0.5, 0.6) is 0 Å². The molecule has 0 aromatic rings. The Labute approximate surface area is 72.9 Å². The van der Waals surface area contributed by atoms with Gasteiger partial charge < -0.3 is 0 Å². The molecule has 2 aliphatic rings. The first-order chi connectivity index (χ1) is 5.81. The molecule has 0 aromatic carbocycles. The van der Waals surface area contributed by atoms with Crippen LogP contribution in [0.1, 0.15) is 44.9 Å². The lowest BCUT2D eigenvalue weighted by molar-refractivity contribution is -0.126. The van der Waals surface area contributed by atoms with E-state index < -0.39 is 0 Å².